The van der Waals surface area contributed by atoms with Crippen molar-refractivity contribution in [2.75, 3.05) is 6.61 Å². The van der Waals surface area contributed by atoms with Gasteiger partial charge in [0.1, 0.15) is 24.3 Å². The van der Waals surface area contributed by atoms with Gasteiger partial charge in [-0.3, -0.25) is 0 Å². The van der Waals surface area contributed by atoms with E-state index in [1.54, 1.807) is 30.3 Å². The molecule has 3 aromatic carbocycles. The largest absolute Gasteiger partial charge is 0.490 e. The molecule has 0 radical (unpaired) electrons. The normalized spacial score (nSPS) is 11.4. The number of allylic oxidation sites excluding steroid dienone is 1. The number of para-hydroxylation sites is 2. The van der Waals surface area contributed by atoms with Gasteiger partial charge in [-0.15, -0.1) is 0 Å². The number of H-pyrrole nitrogens is 1. The molecular weight excluding hydrogens is 473 g/mol. The lowest BCUT2D eigenvalue weighted by Crippen LogP contribution is -2.02. The van der Waals surface area contributed by atoms with Crippen LogP contribution in [0.1, 0.15) is 23.9 Å². The summed E-state index contributed by atoms with van der Waals surface area (Å²) < 4.78 is 26.2. The van der Waals surface area contributed by atoms with Crippen LogP contribution in [0, 0.1) is 17.1 Å². The van der Waals surface area contributed by atoms with E-state index >= 15 is 0 Å². The first-order valence-corrected chi connectivity index (χ1v) is 10.8. The van der Waals surface area contributed by atoms with Crippen molar-refractivity contribution in [1.29, 1.82) is 5.26 Å². The first kappa shape index (κ1) is 21.6. The van der Waals surface area contributed by atoms with Gasteiger partial charge in [0.2, 0.25) is 0 Å². The van der Waals surface area contributed by atoms with E-state index in [0.717, 1.165) is 16.6 Å². The van der Waals surface area contributed by atoms with E-state index < -0.39 is 0 Å². The Bertz CT molecular complexity index is 1310. The maximum Gasteiger partial charge on any atom is 0.175 e. The minimum Gasteiger partial charge on any atom is -0.490 e. The third kappa shape index (κ3) is 4.66. The van der Waals surface area contributed by atoms with Crippen molar-refractivity contribution < 1.29 is 13.9 Å². The van der Waals surface area contributed by atoms with Crippen molar-refractivity contribution in [2.24, 2.45) is 0 Å². The Kier molecular flexibility index (Phi) is 6.52. The summed E-state index contributed by atoms with van der Waals surface area (Å²) in [5.74, 6) is 1.12. The van der Waals surface area contributed by atoms with Gasteiger partial charge in [-0.1, -0.05) is 30.3 Å². The number of rotatable bonds is 7. The topological polar surface area (TPSA) is 70.9 Å². The van der Waals surface area contributed by atoms with E-state index in [1.165, 1.54) is 6.07 Å². The van der Waals surface area contributed by atoms with Gasteiger partial charge in [-0.05, 0) is 64.8 Å². The molecule has 0 aliphatic heterocycles. The highest BCUT2D eigenvalue weighted by molar-refractivity contribution is 9.10. The molecule has 0 bridgehead atoms. The van der Waals surface area contributed by atoms with E-state index in [4.69, 9.17) is 9.47 Å². The molecule has 0 atom stereocenters. The fourth-order valence-electron chi connectivity index (χ4n) is 3.24. The molecule has 0 saturated heterocycles. The average molecular weight is 492 g/mol. The van der Waals surface area contributed by atoms with Crippen LogP contribution in [-0.2, 0) is 6.61 Å². The molecule has 0 aliphatic rings. The van der Waals surface area contributed by atoms with Crippen LogP contribution in [-0.4, -0.2) is 16.6 Å². The monoisotopic (exact) mass is 491 g/mol. The highest BCUT2D eigenvalue weighted by Gasteiger charge is 2.15. The Balaban J connectivity index is 1.67. The number of aromatic amines is 1. The van der Waals surface area contributed by atoms with E-state index in [9.17, 15) is 9.65 Å². The van der Waals surface area contributed by atoms with Gasteiger partial charge in [0, 0.05) is 5.56 Å². The van der Waals surface area contributed by atoms with E-state index in [0.29, 0.717) is 39.5 Å². The smallest absolute Gasteiger partial charge is 0.175 e. The van der Waals surface area contributed by atoms with E-state index in [-0.39, 0.29) is 12.4 Å². The molecule has 4 aromatic rings. The Hall–Kier alpha value is -3.63. The minimum atomic E-state index is -0.328. The molecule has 32 heavy (non-hydrogen) atoms. The molecule has 4 rings (SSSR count). The van der Waals surface area contributed by atoms with Gasteiger partial charge in [0.05, 0.1) is 27.7 Å². The van der Waals surface area contributed by atoms with Crippen molar-refractivity contribution in [3.8, 4) is 17.6 Å². The second-order valence-corrected chi connectivity index (χ2v) is 7.77. The zero-order chi connectivity index (χ0) is 22.5. The zero-order valence-corrected chi connectivity index (χ0v) is 18.8. The second kappa shape index (κ2) is 9.67. The van der Waals surface area contributed by atoms with Crippen LogP contribution in [0.3, 0.4) is 0 Å². The van der Waals surface area contributed by atoms with Gasteiger partial charge in [0.25, 0.3) is 0 Å². The summed E-state index contributed by atoms with van der Waals surface area (Å²) >= 11 is 3.52. The summed E-state index contributed by atoms with van der Waals surface area (Å²) in [6, 6.07) is 19.9. The number of fused-ring (bicyclic) bond motifs is 1. The summed E-state index contributed by atoms with van der Waals surface area (Å²) in [6.07, 6.45) is 1.73. The lowest BCUT2D eigenvalue weighted by molar-refractivity contribution is 0.264. The van der Waals surface area contributed by atoms with Crippen molar-refractivity contribution in [3.05, 3.63) is 87.9 Å². The van der Waals surface area contributed by atoms with Crippen molar-refractivity contribution in [1.82, 2.24) is 9.97 Å². The third-order valence-corrected chi connectivity index (χ3v) is 5.33. The molecule has 1 N–H and O–H groups in total. The number of imidazole rings is 1. The number of aromatic nitrogens is 2. The first-order chi connectivity index (χ1) is 15.6. The Morgan fingerprint density at radius 2 is 1.94 bits per heavy atom. The molecule has 0 fully saturated rings. The summed E-state index contributed by atoms with van der Waals surface area (Å²) in [5.41, 5.74) is 3.21. The fourth-order valence-corrected chi connectivity index (χ4v) is 3.81. The number of hydrogen-bond donors (Lipinski definition) is 1. The van der Waals surface area contributed by atoms with Crippen molar-refractivity contribution >= 4 is 38.6 Å². The molecule has 0 aliphatic carbocycles. The predicted molar refractivity (Wildman–Crippen MR) is 126 cm³/mol. The quantitative estimate of drug-likeness (QED) is 0.299. The molecule has 160 valence electrons. The zero-order valence-electron chi connectivity index (χ0n) is 17.2. The summed E-state index contributed by atoms with van der Waals surface area (Å²) in [5, 5.41) is 9.72. The number of nitriles is 1. The molecule has 1 aromatic heterocycles. The minimum absolute atomic E-state index is 0.0585. The Morgan fingerprint density at radius 1 is 1.16 bits per heavy atom. The summed E-state index contributed by atoms with van der Waals surface area (Å²) in [6.45, 7) is 2.35. The van der Waals surface area contributed by atoms with E-state index in [2.05, 4.69) is 32.0 Å². The van der Waals surface area contributed by atoms with Gasteiger partial charge in [-0.2, -0.15) is 5.26 Å². The number of hydrogen-bond acceptors (Lipinski definition) is 4. The summed E-state index contributed by atoms with van der Waals surface area (Å²) in [7, 11) is 0. The number of benzene rings is 3. The molecule has 7 heteroatoms. The van der Waals surface area contributed by atoms with Crippen LogP contribution in [0.15, 0.2) is 65.1 Å². The Labute approximate surface area is 193 Å². The van der Waals surface area contributed by atoms with Crippen LogP contribution < -0.4 is 9.47 Å². The van der Waals surface area contributed by atoms with Crippen molar-refractivity contribution in [2.45, 2.75) is 13.5 Å². The van der Waals surface area contributed by atoms with Crippen LogP contribution in [0.25, 0.3) is 22.7 Å². The standard InChI is InChI=1S/C25H19BrFN3O2/c1-2-31-23-13-16(11-18(14-28)25-29-21-9-5-6-10-22(21)30-25)12-19(26)24(23)32-15-17-7-3-4-8-20(17)27/h3-13H,2,15H2,1H3,(H,29,30). The predicted octanol–water partition coefficient (Wildman–Crippen LogP) is 6.51. The molecule has 0 amide bonds. The SMILES string of the molecule is CCOc1cc(C=C(C#N)c2nc3ccccc3[nH]2)cc(Br)c1OCc1ccccc1F. The van der Waals surface area contributed by atoms with E-state index in [1.807, 2.05) is 37.3 Å². The van der Waals surface area contributed by atoms with Gasteiger partial charge in [0.15, 0.2) is 11.5 Å². The van der Waals surface area contributed by atoms with Gasteiger partial charge < -0.3 is 14.5 Å². The highest BCUT2D eigenvalue weighted by Crippen LogP contribution is 2.38. The van der Waals surface area contributed by atoms with Crippen LogP contribution >= 0.6 is 15.9 Å². The van der Waals surface area contributed by atoms with Gasteiger partial charge in [-0.25, -0.2) is 9.37 Å². The number of ether oxygens (including phenoxy) is 2. The molecule has 1 heterocycles. The molecule has 0 saturated carbocycles. The van der Waals surface area contributed by atoms with Crippen LogP contribution in [0.5, 0.6) is 11.5 Å². The maximum atomic E-state index is 14.0. The summed E-state index contributed by atoms with van der Waals surface area (Å²) in [4.78, 5) is 7.67. The lowest BCUT2D eigenvalue weighted by atomic mass is 10.1. The molecular formula is C25H19BrFN3O2. The lowest BCUT2D eigenvalue weighted by Gasteiger charge is -2.15. The van der Waals surface area contributed by atoms with Crippen molar-refractivity contribution in [3.63, 3.8) is 0 Å². The number of halogens is 2. The highest BCUT2D eigenvalue weighted by atomic mass is 79.9. The molecule has 0 spiro atoms. The average Bonchev–Trinajstić information content (AvgIpc) is 3.22. The third-order valence-electron chi connectivity index (χ3n) is 4.74. The number of nitrogens with zero attached hydrogens (tertiary/aromatic N) is 2. The molecule has 0 unspecified atom stereocenters. The van der Waals surface area contributed by atoms with Gasteiger partial charge >= 0.3 is 0 Å². The Morgan fingerprint density at radius 3 is 2.69 bits per heavy atom. The number of nitrogens with one attached hydrogen (secondary N) is 1. The molecule has 5 nitrogen and oxygen atoms in total. The fraction of sp³-hybridized carbons (Fsp3) is 0.120. The second-order valence-electron chi connectivity index (χ2n) is 6.92. The first-order valence-electron chi connectivity index (χ1n) is 9.98. The maximum absolute atomic E-state index is 14.0. The van der Waals surface area contributed by atoms with Crippen LogP contribution in [0.4, 0.5) is 4.39 Å². The van der Waals surface area contributed by atoms with Crippen LogP contribution in [0.2, 0.25) is 0 Å².